The number of fused-ring (bicyclic) bond motifs is 1. The summed E-state index contributed by atoms with van der Waals surface area (Å²) in [7, 11) is 1.84. The standard InChI is InChI=1S/C25H31N7O/c1-15(2)32-16(3)24(33)31(4)21-10-9-18(13-22(21)32)28-25-26-12-11-20(29-25)19-14-27-30-23(19)17-7-5-6-8-17/h9-17H,5-8H2,1-4H3,(H,27,30)(H,26,28,29). The normalized spacial score (nSPS) is 18.8. The number of aromatic nitrogens is 4. The van der Waals surface area contributed by atoms with Crippen LogP contribution in [0.25, 0.3) is 11.3 Å². The molecule has 33 heavy (non-hydrogen) atoms. The van der Waals surface area contributed by atoms with Crippen LogP contribution >= 0.6 is 0 Å². The van der Waals surface area contributed by atoms with Crippen LogP contribution in [0.5, 0.6) is 0 Å². The zero-order valence-electron chi connectivity index (χ0n) is 19.7. The summed E-state index contributed by atoms with van der Waals surface area (Å²) in [5, 5.41) is 10.9. The molecule has 1 aliphatic heterocycles. The van der Waals surface area contributed by atoms with Gasteiger partial charge in [0.05, 0.1) is 22.8 Å². The van der Waals surface area contributed by atoms with E-state index in [0.29, 0.717) is 11.9 Å². The van der Waals surface area contributed by atoms with Crippen LogP contribution in [0.1, 0.15) is 58.1 Å². The number of nitrogens with one attached hydrogen (secondary N) is 2. The van der Waals surface area contributed by atoms with Gasteiger partial charge in [-0.15, -0.1) is 0 Å². The maximum absolute atomic E-state index is 12.7. The number of hydrogen-bond donors (Lipinski definition) is 2. The molecule has 1 fully saturated rings. The van der Waals surface area contributed by atoms with E-state index in [1.54, 1.807) is 11.1 Å². The van der Waals surface area contributed by atoms with Gasteiger partial charge in [0.15, 0.2) is 0 Å². The van der Waals surface area contributed by atoms with Gasteiger partial charge in [-0.25, -0.2) is 9.97 Å². The van der Waals surface area contributed by atoms with Crippen molar-refractivity contribution in [2.75, 3.05) is 22.2 Å². The van der Waals surface area contributed by atoms with E-state index < -0.39 is 0 Å². The lowest BCUT2D eigenvalue weighted by Crippen LogP contribution is -2.53. The number of aromatic amines is 1. The number of anilines is 4. The second-order valence-corrected chi connectivity index (χ2v) is 9.33. The molecule has 1 unspecified atom stereocenters. The number of H-pyrrole nitrogens is 1. The van der Waals surface area contributed by atoms with Crippen molar-refractivity contribution in [3.8, 4) is 11.3 Å². The zero-order chi connectivity index (χ0) is 23.1. The van der Waals surface area contributed by atoms with Crippen LogP contribution in [0.4, 0.5) is 23.0 Å². The first kappa shape index (κ1) is 21.4. The Morgan fingerprint density at radius 2 is 1.94 bits per heavy atom. The highest BCUT2D eigenvalue weighted by Crippen LogP contribution is 2.40. The lowest BCUT2D eigenvalue weighted by molar-refractivity contribution is -0.119. The van der Waals surface area contributed by atoms with E-state index in [0.717, 1.165) is 34.0 Å². The first-order chi connectivity index (χ1) is 15.9. The van der Waals surface area contributed by atoms with Gasteiger partial charge in [-0.1, -0.05) is 12.8 Å². The van der Waals surface area contributed by atoms with Crippen molar-refractivity contribution >= 4 is 28.9 Å². The van der Waals surface area contributed by atoms with Gasteiger partial charge in [-0.2, -0.15) is 5.10 Å². The average Bonchev–Trinajstić information content (AvgIpc) is 3.49. The molecule has 1 amide bonds. The second kappa shape index (κ2) is 8.50. The molecular weight excluding hydrogens is 414 g/mol. The summed E-state index contributed by atoms with van der Waals surface area (Å²) in [6.07, 6.45) is 8.62. The number of amides is 1. The number of carbonyl (C=O) groups is 1. The largest absolute Gasteiger partial charge is 0.356 e. The van der Waals surface area contributed by atoms with Crippen LogP contribution in [0.2, 0.25) is 0 Å². The molecule has 2 N–H and O–H groups in total. The lowest BCUT2D eigenvalue weighted by Gasteiger charge is -2.42. The van der Waals surface area contributed by atoms with Crippen molar-refractivity contribution < 1.29 is 4.79 Å². The number of benzene rings is 1. The summed E-state index contributed by atoms with van der Waals surface area (Å²) in [5.41, 5.74) is 5.85. The fourth-order valence-electron chi connectivity index (χ4n) is 5.26. The van der Waals surface area contributed by atoms with E-state index in [9.17, 15) is 4.79 Å². The third kappa shape index (κ3) is 3.83. The van der Waals surface area contributed by atoms with Crippen LogP contribution in [-0.4, -0.2) is 45.2 Å². The minimum absolute atomic E-state index is 0.103. The molecule has 1 saturated carbocycles. The van der Waals surface area contributed by atoms with Gasteiger partial charge in [0.25, 0.3) is 0 Å². The molecule has 0 saturated heterocycles. The van der Waals surface area contributed by atoms with E-state index in [4.69, 9.17) is 4.98 Å². The molecule has 0 radical (unpaired) electrons. The van der Waals surface area contributed by atoms with Gasteiger partial charge < -0.3 is 15.1 Å². The highest BCUT2D eigenvalue weighted by atomic mass is 16.2. The highest BCUT2D eigenvalue weighted by Gasteiger charge is 2.35. The molecule has 8 nitrogen and oxygen atoms in total. The molecule has 1 aliphatic carbocycles. The molecule has 0 spiro atoms. The molecule has 3 aromatic rings. The summed E-state index contributed by atoms with van der Waals surface area (Å²) in [5.74, 6) is 1.14. The topological polar surface area (TPSA) is 90.0 Å². The second-order valence-electron chi connectivity index (χ2n) is 9.33. The predicted molar refractivity (Wildman–Crippen MR) is 131 cm³/mol. The van der Waals surface area contributed by atoms with Gasteiger partial charge in [0.2, 0.25) is 11.9 Å². The van der Waals surface area contributed by atoms with Crippen LogP contribution in [-0.2, 0) is 4.79 Å². The molecule has 5 rings (SSSR count). The summed E-state index contributed by atoms with van der Waals surface area (Å²) in [6.45, 7) is 6.18. The van der Waals surface area contributed by atoms with Crippen LogP contribution in [0.15, 0.2) is 36.7 Å². The Hall–Kier alpha value is -3.42. The SMILES string of the molecule is CC(C)N1c2cc(Nc3nccc(-c4c[nH]nc4C4CCCC4)n3)ccc2N(C)C(=O)C1C. The monoisotopic (exact) mass is 445 g/mol. The molecular formula is C25H31N7O. The Morgan fingerprint density at radius 1 is 1.15 bits per heavy atom. The highest BCUT2D eigenvalue weighted by molar-refractivity contribution is 6.05. The molecule has 172 valence electrons. The Labute approximate surface area is 194 Å². The van der Waals surface area contributed by atoms with E-state index in [-0.39, 0.29) is 18.0 Å². The van der Waals surface area contributed by atoms with Gasteiger partial charge >= 0.3 is 0 Å². The fourth-order valence-corrected chi connectivity index (χ4v) is 5.26. The first-order valence-corrected chi connectivity index (χ1v) is 11.8. The average molecular weight is 446 g/mol. The van der Waals surface area contributed by atoms with Crippen molar-refractivity contribution in [2.45, 2.75) is 64.5 Å². The Balaban J connectivity index is 1.45. The maximum Gasteiger partial charge on any atom is 0.249 e. The van der Waals surface area contributed by atoms with Crippen LogP contribution < -0.4 is 15.1 Å². The van der Waals surface area contributed by atoms with Gasteiger partial charge in [0, 0.05) is 42.7 Å². The van der Waals surface area contributed by atoms with Crippen molar-refractivity contribution in [1.29, 1.82) is 0 Å². The van der Waals surface area contributed by atoms with Gasteiger partial charge in [-0.3, -0.25) is 9.89 Å². The Morgan fingerprint density at radius 3 is 2.70 bits per heavy atom. The summed E-state index contributed by atoms with van der Waals surface area (Å²) in [4.78, 5) is 25.8. The van der Waals surface area contributed by atoms with E-state index >= 15 is 0 Å². The number of nitrogens with zero attached hydrogens (tertiary/aromatic N) is 5. The molecule has 0 bridgehead atoms. The Kier molecular flexibility index (Phi) is 5.52. The molecule has 2 aliphatic rings. The van der Waals surface area contributed by atoms with Crippen molar-refractivity contribution in [3.05, 3.63) is 42.4 Å². The lowest BCUT2D eigenvalue weighted by atomic mass is 9.99. The quantitative estimate of drug-likeness (QED) is 0.584. The van der Waals surface area contributed by atoms with Crippen LogP contribution in [0, 0.1) is 0 Å². The third-order valence-electron chi connectivity index (χ3n) is 6.88. The molecule has 8 heteroatoms. The summed E-state index contributed by atoms with van der Waals surface area (Å²) in [6, 6.07) is 7.94. The molecule has 1 atom stereocenters. The molecule has 2 aromatic heterocycles. The summed E-state index contributed by atoms with van der Waals surface area (Å²) < 4.78 is 0. The van der Waals surface area contributed by atoms with E-state index in [1.165, 1.54) is 25.7 Å². The number of carbonyl (C=O) groups excluding carboxylic acids is 1. The third-order valence-corrected chi connectivity index (χ3v) is 6.88. The van der Waals surface area contributed by atoms with Crippen LogP contribution in [0.3, 0.4) is 0 Å². The predicted octanol–water partition coefficient (Wildman–Crippen LogP) is 4.85. The zero-order valence-corrected chi connectivity index (χ0v) is 19.7. The number of rotatable bonds is 5. The number of hydrogen-bond acceptors (Lipinski definition) is 6. The molecule has 1 aromatic carbocycles. The van der Waals surface area contributed by atoms with Crippen molar-refractivity contribution in [3.63, 3.8) is 0 Å². The minimum Gasteiger partial charge on any atom is -0.356 e. The van der Waals surface area contributed by atoms with Gasteiger partial charge in [0.1, 0.15) is 6.04 Å². The van der Waals surface area contributed by atoms with E-state index in [1.807, 2.05) is 38.4 Å². The first-order valence-electron chi connectivity index (χ1n) is 11.8. The van der Waals surface area contributed by atoms with Gasteiger partial charge in [-0.05, 0) is 57.9 Å². The number of likely N-dealkylation sites (N-methyl/N-ethyl adjacent to an activating group) is 1. The van der Waals surface area contributed by atoms with Crippen molar-refractivity contribution in [2.24, 2.45) is 0 Å². The van der Waals surface area contributed by atoms with Crippen molar-refractivity contribution in [1.82, 2.24) is 20.2 Å². The summed E-state index contributed by atoms with van der Waals surface area (Å²) >= 11 is 0. The Bertz CT molecular complexity index is 1170. The smallest absolute Gasteiger partial charge is 0.249 e. The minimum atomic E-state index is -0.215. The fraction of sp³-hybridized carbons (Fsp3) is 0.440. The maximum atomic E-state index is 12.7. The van der Waals surface area contributed by atoms with E-state index in [2.05, 4.69) is 45.3 Å². The molecule has 3 heterocycles.